The minimum atomic E-state index is 0.101. The maximum atomic E-state index is 5.58. The molecule has 0 bridgehead atoms. The van der Waals surface area contributed by atoms with Gasteiger partial charge in [0, 0.05) is 23.4 Å². The third-order valence-corrected chi connectivity index (χ3v) is 3.59. The molecular formula is C14H26N2OS. The second kappa shape index (κ2) is 7.22. The third kappa shape index (κ3) is 4.67. The second-order valence-corrected chi connectivity index (χ2v) is 6.63. The lowest BCUT2D eigenvalue weighted by Crippen LogP contribution is -2.18. The first-order chi connectivity index (χ1) is 8.49. The number of hydrogen-bond acceptors (Lipinski definition) is 4. The Hall–Kier alpha value is -0.450. The van der Waals surface area contributed by atoms with Crippen molar-refractivity contribution in [2.24, 2.45) is 0 Å². The van der Waals surface area contributed by atoms with Gasteiger partial charge in [-0.05, 0) is 13.0 Å². The molecule has 1 aromatic heterocycles. The van der Waals surface area contributed by atoms with Crippen molar-refractivity contribution in [3.05, 3.63) is 15.6 Å². The van der Waals surface area contributed by atoms with Gasteiger partial charge in [0.1, 0.15) is 5.01 Å². The molecule has 0 atom stereocenters. The van der Waals surface area contributed by atoms with Crippen molar-refractivity contribution < 1.29 is 4.74 Å². The lowest BCUT2D eigenvalue weighted by Gasteiger charge is -2.17. The van der Waals surface area contributed by atoms with Crippen LogP contribution in [0, 0.1) is 0 Å². The average molecular weight is 270 g/mol. The van der Waals surface area contributed by atoms with Crippen molar-refractivity contribution in [2.45, 2.75) is 59.6 Å². The molecule has 0 fully saturated rings. The van der Waals surface area contributed by atoms with Crippen molar-refractivity contribution in [3.63, 3.8) is 0 Å². The zero-order chi connectivity index (χ0) is 13.6. The van der Waals surface area contributed by atoms with Crippen LogP contribution in [0.25, 0.3) is 0 Å². The van der Waals surface area contributed by atoms with Gasteiger partial charge >= 0.3 is 0 Å². The van der Waals surface area contributed by atoms with Crippen LogP contribution in [0.3, 0.4) is 0 Å². The number of rotatable bonds is 7. The van der Waals surface area contributed by atoms with Crippen LogP contribution in [0.5, 0.6) is 0 Å². The zero-order valence-electron chi connectivity index (χ0n) is 12.3. The van der Waals surface area contributed by atoms with Gasteiger partial charge in [-0.25, -0.2) is 4.98 Å². The third-order valence-electron chi connectivity index (χ3n) is 2.56. The molecule has 0 amide bonds. The van der Waals surface area contributed by atoms with E-state index in [2.05, 4.69) is 39.9 Å². The summed E-state index contributed by atoms with van der Waals surface area (Å²) in [5.41, 5.74) is 1.31. The fraction of sp³-hybridized carbons (Fsp3) is 0.786. The highest BCUT2D eigenvalue weighted by Crippen LogP contribution is 2.29. The van der Waals surface area contributed by atoms with E-state index in [4.69, 9.17) is 9.72 Å². The molecule has 0 aliphatic rings. The molecule has 0 aromatic carbocycles. The summed E-state index contributed by atoms with van der Waals surface area (Å²) >= 11 is 1.78. The van der Waals surface area contributed by atoms with E-state index in [9.17, 15) is 0 Å². The zero-order valence-corrected chi connectivity index (χ0v) is 13.1. The summed E-state index contributed by atoms with van der Waals surface area (Å²) in [5, 5.41) is 4.49. The topological polar surface area (TPSA) is 34.1 Å². The molecular weight excluding hydrogens is 244 g/mol. The van der Waals surface area contributed by atoms with E-state index in [-0.39, 0.29) is 5.41 Å². The first kappa shape index (κ1) is 15.6. The highest BCUT2D eigenvalue weighted by Gasteiger charge is 2.22. The maximum absolute atomic E-state index is 5.58. The van der Waals surface area contributed by atoms with Gasteiger partial charge in [0.15, 0.2) is 0 Å². The second-order valence-electron chi connectivity index (χ2n) is 5.46. The summed E-state index contributed by atoms with van der Waals surface area (Å²) in [7, 11) is 0. The van der Waals surface area contributed by atoms with Crippen LogP contribution in [0.15, 0.2) is 0 Å². The van der Waals surface area contributed by atoms with Crippen LogP contribution in [-0.2, 0) is 23.3 Å². The van der Waals surface area contributed by atoms with Crippen molar-refractivity contribution in [2.75, 3.05) is 13.2 Å². The van der Waals surface area contributed by atoms with E-state index in [1.807, 2.05) is 0 Å². The molecule has 1 rings (SSSR count). The number of nitrogens with one attached hydrogen (secondary N) is 1. The van der Waals surface area contributed by atoms with Crippen molar-refractivity contribution in [1.29, 1.82) is 0 Å². The van der Waals surface area contributed by atoms with Crippen LogP contribution < -0.4 is 5.32 Å². The first-order valence-corrected chi connectivity index (χ1v) is 7.58. The summed E-state index contributed by atoms with van der Waals surface area (Å²) in [5.74, 6) is 0. The molecule has 1 aromatic rings. The molecule has 3 nitrogen and oxygen atoms in total. The summed E-state index contributed by atoms with van der Waals surface area (Å²) < 4.78 is 5.58. The minimum absolute atomic E-state index is 0.101. The monoisotopic (exact) mass is 270 g/mol. The molecule has 1 N–H and O–H groups in total. The average Bonchev–Trinajstić information content (AvgIpc) is 2.70. The van der Waals surface area contributed by atoms with Crippen LogP contribution in [0.4, 0.5) is 0 Å². The molecule has 0 spiro atoms. The fourth-order valence-electron chi connectivity index (χ4n) is 1.71. The van der Waals surface area contributed by atoms with Gasteiger partial charge in [0.2, 0.25) is 0 Å². The van der Waals surface area contributed by atoms with E-state index in [0.717, 1.165) is 31.1 Å². The van der Waals surface area contributed by atoms with Gasteiger partial charge in [-0.2, -0.15) is 0 Å². The first-order valence-electron chi connectivity index (χ1n) is 6.76. The molecule has 0 aliphatic heterocycles. The molecule has 0 saturated heterocycles. The molecule has 18 heavy (non-hydrogen) atoms. The number of hydrogen-bond donors (Lipinski definition) is 1. The van der Waals surface area contributed by atoms with E-state index in [1.165, 1.54) is 10.6 Å². The molecule has 4 heteroatoms. The van der Waals surface area contributed by atoms with Crippen LogP contribution in [0.2, 0.25) is 0 Å². The molecule has 0 saturated carbocycles. The Balaban J connectivity index is 2.79. The van der Waals surface area contributed by atoms with Crippen LogP contribution in [-0.4, -0.2) is 18.1 Å². The highest BCUT2D eigenvalue weighted by molar-refractivity contribution is 7.11. The fourth-order valence-corrected chi connectivity index (χ4v) is 2.90. The molecule has 0 aliphatic carbocycles. The predicted molar refractivity (Wildman–Crippen MR) is 78.1 cm³/mol. The number of thiazole rings is 1. The van der Waals surface area contributed by atoms with Gasteiger partial charge in [-0.15, -0.1) is 11.3 Å². The van der Waals surface area contributed by atoms with Gasteiger partial charge in [-0.1, -0.05) is 34.6 Å². The molecule has 0 unspecified atom stereocenters. The van der Waals surface area contributed by atoms with Crippen LogP contribution >= 0.6 is 11.3 Å². The summed E-state index contributed by atoms with van der Waals surface area (Å²) in [6, 6.07) is 0. The van der Waals surface area contributed by atoms with Gasteiger partial charge in [0.05, 0.1) is 12.3 Å². The van der Waals surface area contributed by atoms with Gasteiger partial charge in [-0.3, -0.25) is 0 Å². The number of ether oxygens (including phenoxy) is 1. The predicted octanol–water partition coefficient (Wildman–Crippen LogP) is 3.48. The molecule has 1 heterocycles. The lowest BCUT2D eigenvalue weighted by atomic mass is 9.91. The molecule has 104 valence electrons. The van der Waals surface area contributed by atoms with E-state index in [0.29, 0.717) is 6.61 Å². The SMILES string of the molecule is CCCOCc1nc(C(C)(C)C)c(CNCC)s1. The number of aromatic nitrogens is 1. The van der Waals surface area contributed by atoms with E-state index in [1.54, 1.807) is 11.3 Å². The Morgan fingerprint density at radius 3 is 2.56 bits per heavy atom. The Kier molecular flexibility index (Phi) is 6.26. The lowest BCUT2D eigenvalue weighted by molar-refractivity contribution is 0.121. The van der Waals surface area contributed by atoms with Gasteiger partial charge < -0.3 is 10.1 Å². The highest BCUT2D eigenvalue weighted by atomic mass is 32.1. The summed E-state index contributed by atoms with van der Waals surface area (Å²) in [6.45, 7) is 14.3. The number of nitrogens with zero attached hydrogens (tertiary/aromatic N) is 1. The summed E-state index contributed by atoms with van der Waals surface area (Å²) in [4.78, 5) is 6.11. The summed E-state index contributed by atoms with van der Waals surface area (Å²) in [6.07, 6.45) is 1.06. The quantitative estimate of drug-likeness (QED) is 0.770. The van der Waals surface area contributed by atoms with E-state index >= 15 is 0 Å². The van der Waals surface area contributed by atoms with E-state index < -0.39 is 0 Å². The Morgan fingerprint density at radius 1 is 1.28 bits per heavy atom. The smallest absolute Gasteiger partial charge is 0.119 e. The van der Waals surface area contributed by atoms with Gasteiger partial charge in [0.25, 0.3) is 0 Å². The minimum Gasteiger partial charge on any atom is -0.374 e. The van der Waals surface area contributed by atoms with Crippen molar-refractivity contribution >= 4 is 11.3 Å². The van der Waals surface area contributed by atoms with Crippen molar-refractivity contribution in [3.8, 4) is 0 Å². The molecule has 0 radical (unpaired) electrons. The standard InChI is InChI=1S/C14H26N2OS/c1-6-8-17-10-12-16-13(14(3,4)5)11(18-12)9-15-7-2/h15H,6-10H2,1-5H3. The Morgan fingerprint density at radius 2 is 2.00 bits per heavy atom. The van der Waals surface area contributed by atoms with Crippen LogP contribution in [0.1, 0.15) is 56.6 Å². The largest absolute Gasteiger partial charge is 0.374 e. The Labute approximate surface area is 115 Å². The van der Waals surface area contributed by atoms with Crippen molar-refractivity contribution in [1.82, 2.24) is 10.3 Å². The normalized spacial score (nSPS) is 12.1. The Bertz CT molecular complexity index is 355. The maximum Gasteiger partial charge on any atom is 0.119 e.